The molecule has 2 N–H and O–H groups in total. The van der Waals surface area contributed by atoms with Gasteiger partial charge in [-0.2, -0.15) is 13.2 Å². The molecule has 0 spiro atoms. The summed E-state index contributed by atoms with van der Waals surface area (Å²) in [6, 6.07) is 2.59. The molecule has 0 aliphatic rings. The van der Waals surface area contributed by atoms with Gasteiger partial charge in [0.05, 0.1) is 22.7 Å². The largest absolute Gasteiger partial charge is 0.481 e. The smallest absolute Gasteiger partial charge is 0.416 e. The lowest BCUT2D eigenvalue weighted by molar-refractivity contribution is -0.140. The Labute approximate surface area is 130 Å². The number of carbonyl (C=O) groups is 2. The highest BCUT2D eigenvalue weighted by atomic mass is 35.5. The fraction of sp³-hybridized carbons (Fsp3) is 0.429. The Balaban J connectivity index is 2.79. The van der Waals surface area contributed by atoms with Crippen LogP contribution in [0.15, 0.2) is 18.2 Å². The van der Waals surface area contributed by atoms with E-state index >= 15 is 0 Å². The molecule has 122 valence electrons. The number of alkyl halides is 3. The molecule has 0 aromatic heterocycles. The number of halogens is 4. The number of anilines is 1. The summed E-state index contributed by atoms with van der Waals surface area (Å²) < 4.78 is 37.5. The average Bonchev–Trinajstić information content (AvgIpc) is 2.27. The molecular weight excluding hydrogens is 323 g/mol. The molecule has 0 aliphatic carbocycles. The monoisotopic (exact) mass is 337 g/mol. The lowest BCUT2D eigenvalue weighted by Crippen LogP contribution is -2.25. The van der Waals surface area contributed by atoms with Crippen molar-refractivity contribution in [3.63, 3.8) is 0 Å². The lowest BCUT2D eigenvalue weighted by atomic mass is 9.85. The number of hydrogen-bond donors (Lipinski definition) is 2. The molecule has 0 heterocycles. The number of carboxylic acids is 1. The Kier molecular flexibility index (Phi) is 5.45. The van der Waals surface area contributed by atoms with Crippen LogP contribution in [0.1, 0.15) is 32.3 Å². The van der Waals surface area contributed by atoms with E-state index in [1.807, 2.05) is 0 Å². The number of carbonyl (C=O) groups excluding carboxylic acids is 1. The van der Waals surface area contributed by atoms with E-state index in [0.29, 0.717) is 0 Å². The van der Waals surface area contributed by atoms with Crippen LogP contribution in [0, 0.1) is 5.41 Å². The molecule has 0 saturated carbocycles. The minimum absolute atomic E-state index is 0.0470. The minimum Gasteiger partial charge on any atom is -0.481 e. The second-order valence-corrected chi connectivity index (χ2v) is 6.06. The summed E-state index contributed by atoms with van der Waals surface area (Å²) in [5, 5.41) is 10.9. The number of benzene rings is 1. The maximum absolute atomic E-state index is 12.5. The summed E-state index contributed by atoms with van der Waals surface area (Å²) in [5.74, 6) is -1.56. The zero-order valence-corrected chi connectivity index (χ0v) is 12.7. The summed E-state index contributed by atoms with van der Waals surface area (Å²) in [4.78, 5) is 22.5. The van der Waals surface area contributed by atoms with Gasteiger partial charge in [0.15, 0.2) is 0 Å². The molecule has 1 aromatic carbocycles. The van der Waals surface area contributed by atoms with Crippen molar-refractivity contribution in [2.24, 2.45) is 5.41 Å². The van der Waals surface area contributed by atoms with E-state index in [-0.39, 0.29) is 23.6 Å². The van der Waals surface area contributed by atoms with Crippen molar-refractivity contribution < 1.29 is 27.9 Å². The van der Waals surface area contributed by atoms with Crippen LogP contribution in [-0.4, -0.2) is 17.0 Å². The third-order valence-electron chi connectivity index (χ3n) is 2.84. The van der Waals surface area contributed by atoms with Gasteiger partial charge >= 0.3 is 12.1 Å². The minimum atomic E-state index is -4.52. The first kappa shape index (κ1) is 18.3. The Morgan fingerprint density at radius 2 is 1.82 bits per heavy atom. The van der Waals surface area contributed by atoms with Crippen LogP contribution in [0.3, 0.4) is 0 Å². The van der Waals surface area contributed by atoms with E-state index in [0.717, 1.165) is 18.2 Å². The molecule has 22 heavy (non-hydrogen) atoms. The van der Waals surface area contributed by atoms with Gasteiger partial charge in [0.1, 0.15) is 0 Å². The van der Waals surface area contributed by atoms with Crippen molar-refractivity contribution in [2.75, 3.05) is 5.32 Å². The SMILES string of the molecule is CC(C)(CC(=O)O)CC(=O)Nc1ccc(C(F)(F)F)cc1Cl. The number of hydrogen-bond acceptors (Lipinski definition) is 2. The normalized spacial score (nSPS) is 12.1. The molecular formula is C14H15ClF3NO3. The second kappa shape index (κ2) is 6.56. The van der Waals surface area contributed by atoms with Gasteiger partial charge in [-0.25, -0.2) is 0 Å². The number of nitrogens with one attached hydrogen (secondary N) is 1. The summed E-state index contributed by atoms with van der Waals surface area (Å²) in [6.45, 7) is 3.21. The molecule has 1 rings (SSSR count). The van der Waals surface area contributed by atoms with Gasteiger partial charge in [-0.15, -0.1) is 0 Å². The first-order chi connectivity index (χ1) is 9.90. The van der Waals surface area contributed by atoms with Crippen LogP contribution < -0.4 is 5.32 Å². The highest BCUT2D eigenvalue weighted by Gasteiger charge is 2.31. The molecule has 4 nitrogen and oxygen atoms in total. The van der Waals surface area contributed by atoms with Crippen LogP contribution in [0.4, 0.5) is 18.9 Å². The number of amides is 1. The van der Waals surface area contributed by atoms with Crippen molar-refractivity contribution in [1.82, 2.24) is 0 Å². The molecule has 1 amide bonds. The maximum atomic E-state index is 12.5. The van der Waals surface area contributed by atoms with Gasteiger partial charge in [-0.05, 0) is 23.6 Å². The number of rotatable bonds is 5. The van der Waals surface area contributed by atoms with Crippen LogP contribution in [0.25, 0.3) is 0 Å². The summed E-state index contributed by atoms with van der Waals surface area (Å²) in [6.07, 6.45) is -4.83. The highest BCUT2D eigenvalue weighted by molar-refractivity contribution is 6.33. The molecule has 0 atom stereocenters. The zero-order valence-electron chi connectivity index (χ0n) is 11.9. The van der Waals surface area contributed by atoms with Gasteiger partial charge < -0.3 is 10.4 Å². The molecule has 0 saturated heterocycles. The topological polar surface area (TPSA) is 66.4 Å². The predicted molar refractivity (Wildman–Crippen MR) is 75.7 cm³/mol. The van der Waals surface area contributed by atoms with Gasteiger partial charge in [0, 0.05) is 6.42 Å². The van der Waals surface area contributed by atoms with Crippen LogP contribution >= 0.6 is 11.6 Å². The Hall–Kier alpha value is -1.76. The molecule has 0 aliphatic heterocycles. The van der Waals surface area contributed by atoms with Gasteiger partial charge in [-0.1, -0.05) is 25.4 Å². The Morgan fingerprint density at radius 3 is 2.27 bits per heavy atom. The first-order valence-corrected chi connectivity index (χ1v) is 6.67. The van der Waals surface area contributed by atoms with E-state index in [1.165, 1.54) is 0 Å². The Bertz CT molecular complexity index is 585. The Morgan fingerprint density at radius 1 is 1.23 bits per heavy atom. The maximum Gasteiger partial charge on any atom is 0.416 e. The van der Waals surface area contributed by atoms with Gasteiger partial charge in [0.25, 0.3) is 0 Å². The van der Waals surface area contributed by atoms with Crippen molar-refractivity contribution in [2.45, 2.75) is 32.9 Å². The van der Waals surface area contributed by atoms with E-state index in [2.05, 4.69) is 5.32 Å². The third kappa shape index (κ3) is 5.55. The highest BCUT2D eigenvalue weighted by Crippen LogP contribution is 2.34. The average molecular weight is 338 g/mol. The molecule has 0 radical (unpaired) electrons. The van der Waals surface area contributed by atoms with Crippen LogP contribution in [-0.2, 0) is 15.8 Å². The summed E-state index contributed by atoms with van der Waals surface area (Å²) >= 11 is 5.73. The van der Waals surface area contributed by atoms with E-state index < -0.39 is 29.0 Å². The van der Waals surface area contributed by atoms with Crippen molar-refractivity contribution in [3.8, 4) is 0 Å². The predicted octanol–water partition coefficient (Wildman–Crippen LogP) is 4.19. The van der Waals surface area contributed by atoms with E-state index in [9.17, 15) is 22.8 Å². The summed E-state index contributed by atoms with van der Waals surface area (Å²) in [5.41, 5.74) is -1.65. The molecule has 1 aromatic rings. The molecule has 0 fully saturated rings. The fourth-order valence-corrected chi connectivity index (χ4v) is 2.12. The van der Waals surface area contributed by atoms with Gasteiger partial charge in [0.2, 0.25) is 5.91 Å². The second-order valence-electron chi connectivity index (χ2n) is 5.65. The van der Waals surface area contributed by atoms with E-state index in [1.54, 1.807) is 13.8 Å². The van der Waals surface area contributed by atoms with Gasteiger partial charge in [-0.3, -0.25) is 9.59 Å². The van der Waals surface area contributed by atoms with Crippen molar-refractivity contribution >= 4 is 29.2 Å². The summed E-state index contributed by atoms with van der Waals surface area (Å²) in [7, 11) is 0. The molecule has 0 unspecified atom stereocenters. The number of aliphatic carboxylic acids is 1. The fourth-order valence-electron chi connectivity index (χ4n) is 1.89. The lowest BCUT2D eigenvalue weighted by Gasteiger charge is -2.21. The van der Waals surface area contributed by atoms with E-state index in [4.69, 9.17) is 16.7 Å². The number of carboxylic acid groups (broad SMARTS) is 1. The third-order valence-corrected chi connectivity index (χ3v) is 3.15. The van der Waals surface area contributed by atoms with Crippen molar-refractivity contribution in [1.29, 1.82) is 0 Å². The quantitative estimate of drug-likeness (QED) is 0.846. The van der Waals surface area contributed by atoms with Crippen molar-refractivity contribution in [3.05, 3.63) is 28.8 Å². The van der Waals surface area contributed by atoms with Crippen LogP contribution in [0.5, 0.6) is 0 Å². The van der Waals surface area contributed by atoms with Crippen LogP contribution in [0.2, 0.25) is 5.02 Å². The standard InChI is InChI=1S/C14H15ClF3NO3/c1-13(2,7-12(21)22)6-11(20)19-10-4-3-8(5-9(10)15)14(16,17)18/h3-5H,6-7H2,1-2H3,(H,19,20)(H,21,22). The zero-order chi connectivity index (χ0) is 17.1. The first-order valence-electron chi connectivity index (χ1n) is 6.29. The molecule has 0 bridgehead atoms. The molecule has 8 heteroatoms.